The highest BCUT2D eigenvalue weighted by atomic mass is 32.1. The zero-order chi connectivity index (χ0) is 13.2. The zero-order valence-corrected chi connectivity index (χ0v) is 12.6. The Morgan fingerprint density at radius 1 is 1.44 bits per heavy atom. The maximum Gasteiger partial charge on any atom is 0.185 e. The number of piperidine rings is 1. The molecule has 2 N–H and O–H groups in total. The number of aromatic nitrogens is 1. The monoisotopic (exact) mass is 267 g/mol. The van der Waals surface area contributed by atoms with Crippen LogP contribution in [0.15, 0.2) is 0 Å². The SMILES string of the molecule is CCCc1nc(N2CCCC(C)(C)C2)sc1CN. The van der Waals surface area contributed by atoms with E-state index >= 15 is 0 Å². The van der Waals surface area contributed by atoms with Crippen LogP contribution < -0.4 is 10.6 Å². The molecular formula is C14H25N3S. The Kier molecular flexibility index (Phi) is 4.28. The second-order valence-corrected chi connectivity index (χ2v) is 7.07. The highest BCUT2D eigenvalue weighted by Gasteiger charge is 2.28. The third-order valence-corrected chi connectivity index (χ3v) is 4.79. The molecule has 1 aliphatic rings. The maximum absolute atomic E-state index is 5.83. The van der Waals surface area contributed by atoms with Gasteiger partial charge in [-0.05, 0) is 24.7 Å². The molecular weight excluding hydrogens is 242 g/mol. The summed E-state index contributed by atoms with van der Waals surface area (Å²) in [5.74, 6) is 0. The summed E-state index contributed by atoms with van der Waals surface area (Å²) in [5, 5.41) is 1.19. The van der Waals surface area contributed by atoms with Crippen molar-refractivity contribution in [3.63, 3.8) is 0 Å². The molecule has 2 rings (SSSR count). The Labute approximate surface area is 114 Å². The minimum atomic E-state index is 0.414. The standard InChI is InChI=1S/C14H25N3S/c1-4-6-11-12(9-15)18-13(16-11)17-8-5-7-14(2,3)10-17/h4-10,15H2,1-3H3. The van der Waals surface area contributed by atoms with Gasteiger partial charge < -0.3 is 10.6 Å². The van der Waals surface area contributed by atoms with Crippen molar-refractivity contribution < 1.29 is 0 Å². The number of rotatable bonds is 4. The van der Waals surface area contributed by atoms with E-state index in [0.29, 0.717) is 12.0 Å². The molecule has 1 aromatic heterocycles. The second kappa shape index (κ2) is 5.57. The van der Waals surface area contributed by atoms with E-state index in [1.165, 1.54) is 28.5 Å². The van der Waals surface area contributed by atoms with Gasteiger partial charge in [-0.25, -0.2) is 4.98 Å². The lowest BCUT2D eigenvalue weighted by Crippen LogP contribution is -2.40. The van der Waals surface area contributed by atoms with Crippen molar-refractivity contribution in [2.24, 2.45) is 11.1 Å². The van der Waals surface area contributed by atoms with Crippen LogP contribution in [0, 0.1) is 5.41 Å². The molecule has 1 fully saturated rings. The summed E-state index contributed by atoms with van der Waals surface area (Å²) in [6, 6.07) is 0. The normalized spacial score (nSPS) is 19.2. The van der Waals surface area contributed by atoms with Crippen LogP contribution in [0.4, 0.5) is 5.13 Å². The predicted molar refractivity (Wildman–Crippen MR) is 79.2 cm³/mol. The summed E-state index contributed by atoms with van der Waals surface area (Å²) < 4.78 is 0. The summed E-state index contributed by atoms with van der Waals surface area (Å²) in [5.41, 5.74) is 7.47. The minimum absolute atomic E-state index is 0.414. The topological polar surface area (TPSA) is 42.2 Å². The molecule has 0 radical (unpaired) electrons. The number of nitrogens with two attached hydrogens (primary N) is 1. The molecule has 102 valence electrons. The number of anilines is 1. The molecule has 1 aliphatic heterocycles. The van der Waals surface area contributed by atoms with Crippen LogP contribution in [0.2, 0.25) is 0 Å². The van der Waals surface area contributed by atoms with Crippen LogP contribution in [0.5, 0.6) is 0 Å². The third kappa shape index (κ3) is 3.04. The van der Waals surface area contributed by atoms with Gasteiger partial charge in [0.15, 0.2) is 5.13 Å². The number of hydrogen-bond acceptors (Lipinski definition) is 4. The first-order chi connectivity index (χ1) is 8.55. The molecule has 0 atom stereocenters. The van der Waals surface area contributed by atoms with Crippen LogP contribution in [0.3, 0.4) is 0 Å². The molecule has 1 saturated heterocycles. The van der Waals surface area contributed by atoms with Crippen molar-refractivity contribution in [3.8, 4) is 0 Å². The summed E-state index contributed by atoms with van der Waals surface area (Å²) in [4.78, 5) is 8.55. The van der Waals surface area contributed by atoms with E-state index in [4.69, 9.17) is 10.7 Å². The molecule has 0 amide bonds. The van der Waals surface area contributed by atoms with E-state index in [2.05, 4.69) is 25.7 Å². The van der Waals surface area contributed by atoms with Crippen molar-refractivity contribution in [1.82, 2.24) is 4.98 Å². The average Bonchev–Trinajstić information content (AvgIpc) is 2.71. The van der Waals surface area contributed by atoms with E-state index in [-0.39, 0.29) is 0 Å². The first-order valence-electron chi connectivity index (χ1n) is 6.99. The van der Waals surface area contributed by atoms with Crippen LogP contribution in [-0.4, -0.2) is 18.1 Å². The molecule has 4 heteroatoms. The average molecular weight is 267 g/mol. The first kappa shape index (κ1) is 13.8. The lowest BCUT2D eigenvalue weighted by molar-refractivity contribution is 0.293. The van der Waals surface area contributed by atoms with E-state index in [1.54, 1.807) is 11.3 Å². The number of thiazole rings is 1. The van der Waals surface area contributed by atoms with E-state index in [0.717, 1.165) is 25.9 Å². The van der Waals surface area contributed by atoms with Crippen LogP contribution in [-0.2, 0) is 13.0 Å². The summed E-state index contributed by atoms with van der Waals surface area (Å²) >= 11 is 1.80. The highest BCUT2D eigenvalue weighted by Crippen LogP contribution is 2.34. The minimum Gasteiger partial charge on any atom is -0.348 e. The Hall–Kier alpha value is -0.610. The largest absolute Gasteiger partial charge is 0.348 e. The van der Waals surface area contributed by atoms with Gasteiger partial charge in [0.25, 0.3) is 0 Å². The van der Waals surface area contributed by atoms with E-state index < -0.39 is 0 Å². The number of hydrogen-bond donors (Lipinski definition) is 1. The van der Waals surface area contributed by atoms with Gasteiger partial charge in [0.2, 0.25) is 0 Å². The lowest BCUT2D eigenvalue weighted by Gasteiger charge is -2.37. The molecule has 0 saturated carbocycles. The van der Waals surface area contributed by atoms with Gasteiger partial charge in [-0.2, -0.15) is 0 Å². The zero-order valence-electron chi connectivity index (χ0n) is 11.8. The Morgan fingerprint density at radius 2 is 2.22 bits per heavy atom. The van der Waals surface area contributed by atoms with Crippen molar-refractivity contribution in [2.75, 3.05) is 18.0 Å². The van der Waals surface area contributed by atoms with Crippen molar-refractivity contribution in [2.45, 2.75) is 53.0 Å². The molecule has 2 heterocycles. The highest BCUT2D eigenvalue weighted by molar-refractivity contribution is 7.15. The Bertz CT molecular complexity index is 398. The molecule has 18 heavy (non-hydrogen) atoms. The fourth-order valence-electron chi connectivity index (χ4n) is 2.68. The Morgan fingerprint density at radius 3 is 2.83 bits per heavy atom. The molecule has 0 spiro atoms. The van der Waals surface area contributed by atoms with Crippen molar-refractivity contribution >= 4 is 16.5 Å². The number of nitrogens with zero attached hydrogens (tertiary/aromatic N) is 2. The van der Waals surface area contributed by atoms with Gasteiger partial charge in [-0.1, -0.05) is 27.2 Å². The third-order valence-electron chi connectivity index (χ3n) is 3.61. The summed E-state index contributed by atoms with van der Waals surface area (Å²) in [6.07, 6.45) is 4.79. The molecule has 0 bridgehead atoms. The van der Waals surface area contributed by atoms with Crippen LogP contribution in [0.1, 0.15) is 50.6 Å². The summed E-state index contributed by atoms with van der Waals surface area (Å²) in [7, 11) is 0. The van der Waals surface area contributed by atoms with Gasteiger partial charge >= 0.3 is 0 Å². The van der Waals surface area contributed by atoms with Crippen LogP contribution in [0.25, 0.3) is 0 Å². The number of aryl methyl sites for hydroxylation is 1. The van der Waals surface area contributed by atoms with Gasteiger partial charge in [0.1, 0.15) is 0 Å². The quantitative estimate of drug-likeness (QED) is 0.911. The lowest BCUT2D eigenvalue weighted by atomic mass is 9.84. The molecule has 0 aliphatic carbocycles. The smallest absolute Gasteiger partial charge is 0.185 e. The van der Waals surface area contributed by atoms with Gasteiger partial charge in [-0.3, -0.25) is 0 Å². The van der Waals surface area contributed by atoms with Gasteiger partial charge in [-0.15, -0.1) is 11.3 Å². The summed E-state index contributed by atoms with van der Waals surface area (Å²) in [6.45, 7) is 9.79. The maximum atomic E-state index is 5.83. The van der Waals surface area contributed by atoms with Crippen molar-refractivity contribution in [1.29, 1.82) is 0 Å². The predicted octanol–water partition coefficient (Wildman–Crippen LogP) is 3.18. The van der Waals surface area contributed by atoms with Gasteiger partial charge in [0.05, 0.1) is 5.69 Å². The van der Waals surface area contributed by atoms with E-state index in [9.17, 15) is 0 Å². The van der Waals surface area contributed by atoms with Crippen molar-refractivity contribution in [3.05, 3.63) is 10.6 Å². The molecule has 3 nitrogen and oxygen atoms in total. The fourth-order valence-corrected chi connectivity index (χ4v) is 3.69. The molecule has 1 aromatic rings. The van der Waals surface area contributed by atoms with E-state index in [1.807, 2.05) is 0 Å². The Balaban J connectivity index is 2.17. The van der Waals surface area contributed by atoms with Crippen LogP contribution >= 0.6 is 11.3 Å². The fraction of sp³-hybridized carbons (Fsp3) is 0.786. The molecule has 0 unspecified atom stereocenters. The van der Waals surface area contributed by atoms with Gasteiger partial charge in [0, 0.05) is 24.5 Å². The second-order valence-electron chi connectivity index (χ2n) is 6.01. The first-order valence-corrected chi connectivity index (χ1v) is 7.81. The molecule has 0 aromatic carbocycles.